The van der Waals surface area contributed by atoms with Gasteiger partial charge in [-0.25, -0.2) is 0 Å². The summed E-state index contributed by atoms with van der Waals surface area (Å²) in [5.74, 6) is 0.0828. The molecule has 1 N–H and O–H groups in total. The van der Waals surface area contributed by atoms with Crippen molar-refractivity contribution in [1.29, 1.82) is 0 Å². The van der Waals surface area contributed by atoms with Crippen LogP contribution in [0.1, 0.15) is 44.9 Å². The molecule has 0 spiro atoms. The van der Waals surface area contributed by atoms with Crippen molar-refractivity contribution >= 4 is 5.91 Å². The molecule has 1 fully saturated rings. The van der Waals surface area contributed by atoms with E-state index < -0.39 is 0 Å². The van der Waals surface area contributed by atoms with Gasteiger partial charge in [-0.2, -0.15) is 0 Å². The van der Waals surface area contributed by atoms with Gasteiger partial charge in [0, 0.05) is 12.5 Å². The fourth-order valence-corrected chi connectivity index (χ4v) is 2.26. The highest BCUT2D eigenvalue weighted by Gasteiger charge is 2.19. The van der Waals surface area contributed by atoms with Crippen molar-refractivity contribution in [2.75, 3.05) is 6.61 Å². The molecule has 0 bridgehead atoms. The minimum absolute atomic E-state index is 0.0828. The average molecular weight is 209 g/mol. The van der Waals surface area contributed by atoms with Crippen LogP contribution < -0.4 is 5.32 Å². The normalized spacial score (nSPS) is 22.8. The van der Waals surface area contributed by atoms with Crippen molar-refractivity contribution in [3.05, 3.63) is 11.8 Å². The van der Waals surface area contributed by atoms with E-state index in [2.05, 4.69) is 5.32 Å². The summed E-state index contributed by atoms with van der Waals surface area (Å²) in [5.41, 5.74) is 0.805. The lowest BCUT2D eigenvalue weighted by molar-refractivity contribution is -0.118. The Bertz CT molecular complexity index is 252. The zero-order valence-corrected chi connectivity index (χ0v) is 9.13. The summed E-state index contributed by atoms with van der Waals surface area (Å²) < 4.78 is 5.07. The molecule has 1 aliphatic heterocycles. The van der Waals surface area contributed by atoms with Gasteiger partial charge in [0.15, 0.2) is 0 Å². The summed E-state index contributed by atoms with van der Waals surface area (Å²) in [7, 11) is 0. The maximum Gasteiger partial charge on any atom is 0.250 e. The number of carbonyl (C=O) groups excluding carboxylic acids is 1. The van der Waals surface area contributed by atoms with E-state index in [1.807, 2.05) is 0 Å². The Hall–Kier alpha value is -0.990. The molecular weight excluding hydrogens is 190 g/mol. The molecule has 0 aromatic carbocycles. The first kappa shape index (κ1) is 10.5. The summed E-state index contributed by atoms with van der Waals surface area (Å²) in [5, 5.41) is 3.11. The van der Waals surface area contributed by atoms with E-state index in [9.17, 15) is 4.79 Å². The Morgan fingerprint density at radius 1 is 1.27 bits per heavy atom. The first-order valence-corrected chi connectivity index (χ1v) is 5.98. The molecule has 0 aromatic heterocycles. The molecule has 15 heavy (non-hydrogen) atoms. The van der Waals surface area contributed by atoms with Gasteiger partial charge in [-0.3, -0.25) is 4.79 Å². The molecule has 2 aliphatic rings. The molecule has 3 nitrogen and oxygen atoms in total. The van der Waals surface area contributed by atoms with Crippen LogP contribution in [0.5, 0.6) is 0 Å². The van der Waals surface area contributed by atoms with Crippen molar-refractivity contribution < 1.29 is 9.53 Å². The molecule has 1 amide bonds. The van der Waals surface area contributed by atoms with Gasteiger partial charge in [-0.15, -0.1) is 0 Å². The van der Waals surface area contributed by atoms with E-state index in [0.29, 0.717) is 12.6 Å². The second kappa shape index (κ2) is 5.19. The van der Waals surface area contributed by atoms with Crippen molar-refractivity contribution in [3.8, 4) is 0 Å². The van der Waals surface area contributed by atoms with E-state index >= 15 is 0 Å². The van der Waals surface area contributed by atoms with Crippen molar-refractivity contribution in [1.82, 2.24) is 5.32 Å². The minimum Gasteiger partial charge on any atom is -0.500 e. The van der Waals surface area contributed by atoms with Gasteiger partial charge in [-0.1, -0.05) is 25.7 Å². The SMILES string of the molecule is O=C(NC1CCCCCC1)C1=COCC1. The van der Waals surface area contributed by atoms with Crippen molar-refractivity contribution in [2.45, 2.75) is 51.0 Å². The number of amides is 1. The smallest absolute Gasteiger partial charge is 0.250 e. The first-order valence-electron chi connectivity index (χ1n) is 5.98. The number of carbonyl (C=O) groups is 1. The molecule has 0 atom stereocenters. The van der Waals surface area contributed by atoms with Crippen molar-refractivity contribution in [2.24, 2.45) is 0 Å². The number of nitrogens with one attached hydrogen (secondary N) is 1. The highest BCUT2D eigenvalue weighted by Crippen LogP contribution is 2.18. The molecule has 1 aliphatic carbocycles. The predicted molar refractivity (Wildman–Crippen MR) is 58.3 cm³/mol. The third-order valence-electron chi connectivity index (χ3n) is 3.20. The van der Waals surface area contributed by atoms with Crippen LogP contribution in [0.2, 0.25) is 0 Å². The fourth-order valence-electron chi connectivity index (χ4n) is 2.26. The second-order valence-electron chi connectivity index (χ2n) is 4.43. The predicted octanol–water partition coefficient (Wildman–Crippen LogP) is 2.13. The third kappa shape index (κ3) is 2.98. The van der Waals surface area contributed by atoms with Crippen LogP contribution in [0.4, 0.5) is 0 Å². The molecular formula is C12H19NO2. The van der Waals surface area contributed by atoms with Gasteiger partial charge in [0.05, 0.1) is 18.4 Å². The van der Waals surface area contributed by atoms with E-state index in [1.54, 1.807) is 6.26 Å². The molecule has 84 valence electrons. The van der Waals surface area contributed by atoms with Crippen LogP contribution in [0.3, 0.4) is 0 Å². The van der Waals surface area contributed by atoms with Gasteiger partial charge in [0.1, 0.15) is 0 Å². The summed E-state index contributed by atoms with van der Waals surface area (Å²) in [4.78, 5) is 11.8. The lowest BCUT2D eigenvalue weighted by Crippen LogP contribution is -2.35. The van der Waals surface area contributed by atoms with E-state index in [1.165, 1.54) is 25.7 Å². The van der Waals surface area contributed by atoms with Gasteiger partial charge < -0.3 is 10.1 Å². The number of rotatable bonds is 2. The highest BCUT2D eigenvalue weighted by molar-refractivity contribution is 5.93. The second-order valence-corrected chi connectivity index (χ2v) is 4.43. The molecule has 2 rings (SSSR count). The Kier molecular flexibility index (Phi) is 3.64. The maximum absolute atomic E-state index is 11.8. The lowest BCUT2D eigenvalue weighted by atomic mass is 10.1. The number of ether oxygens (including phenoxy) is 1. The molecule has 1 saturated carbocycles. The average Bonchev–Trinajstić information content (AvgIpc) is 2.65. The summed E-state index contributed by atoms with van der Waals surface area (Å²) in [6, 6.07) is 0.390. The maximum atomic E-state index is 11.8. The quantitative estimate of drug-likeness (QED) is 0.707. The summed E-state index contributed by atoms with van der Waals surface area (Å²) >= 11 is 0. The summed E-state index contributed by atoms with van der Waals surface area (Å²) in [6.45, 7) is 0.660. The van der Waals surface area contributed by atoms with Gasteiger partial charge in [0.2, 0.25) is 0 Å². The van der Waals surface area contributed by atoms with Crippen LogP contribution in [-0.4, -0.2) is 18.6 Å². The molecule has 0 radical (unpaired) electrons. The lowest BCUT2D eigenvalue weighted by Gasteiger charge is -2.15. The Morgan fingerprint density at radius 2 is 2.00 bits per heavy atom. The van der Waals surface area contributed by atoms with E-state index in [4.69, 9.17) is 4.74 Å². The van der Waals surface area contributed by atoms with E-state index in [0.717, 1.165) is 24.8 Å². The topological polar surface area (TPSA) is 38.3 Å². The third-order valence-corrected chi connectivity index (χ3v) is 3.20. The summed E-state index contributed by atoms with van der Waals surface area (Å²) in [6.07, 6.45) is 9.78. The highest BCUT2D eigenvalue weighted by atomic mass is 16.5. The Balaban J connectivity index is 1.81. The Morgan fingerprint density at radius 3 is 2.60 bits per heavy atom. The van der Waals surface area contributed by atoms with Crippen molar-refractivity contribution in [3.63, 3.8) is 0 Å². The molecule has 3 heteroatoms. The largest absolute Gasteiger partial charge is 0.500 e. The van der Waals surface area contributed by atoms with Crippen LogP contribution in [0.15, 0.2) is 11.8 Å². The van der Waals surface area contributed by atoms with Crippen LogP contribution in [-0.2, 0) is 9.53 Å². The first-order chi connectivity index (χ1) is 7.36. The zero-order valence-electron chi connectivity index (χ0n) is 9.13. The Labute approximate surface area is 90.9 Å². The standard InChI is InChI=1S/C12H19NO2/c14-12(10-7-8-15-9-10)13-11-5-3-1-2-4-6-11/h9,11H,1-8H2,(H,13,14). The van der Waals surface area contributed by atoms with E-state index in [-0.39, 0.29) is 5.91 Å². The fraction of sp³-hybridized carbons (Fsp3) is 0.750. The van der Waals surface area contributed by atoms with Crippen LogP contribution >= 0.6 is 0 Å². The van der Waals surface area contributed by atoms with Crippen LogP contribution in [0.25, 0.3) is 0 Å². The molecule has 0 saturated heterocycles. The minimum atomic E-state index is 0.0828. The number of hydrogen-bond donors (Lipinski definition) is 1. The van der Waals surface area contributed by atoms with Gasteiger partial charge >= 0.3 is 0 Å². The monoisotopic (exact) mass is 209 g/mol. The van der Waals surface area contributed by atoms with Gasteiger partial charge in [0.25, 0.3) is 5.91 Å². The molecule has 1 heterocycles. The number of hydrogen-bond acceptors (Lipinski definition) is 2. The zero-order chi connectivity index (χ0) is 10.5. The van der Waals surface area contributed by atoms with Gasteiger partial charge in [-0.05, 0) is 12.8 Å². The molecule has 0 aromatic rings. The molecule has 0 unspecified atom stereocenters. The van der Waals surface area contributed by atoms with Crippen LogP contribution in [0, 0.1) is 0 Å².